The van der Waals surface area contributed by atoms with E-state index in [2.05, 4.69) is 0 Å². The van der Waals surface area contributed by atoms with Gasteiger partial charge < -0.3 is 9.47 Å². The van der Waals surface area contributed by atoms with E-state index in [1.807, 2.05) is 43.8 Å². The summed E-state index contributed by atoms with van der Waals surface area (Å²) in [5.41, 5.74) is 1.57. The van der Waals surface area contributed by atoms with Crippen molar-refractivity contribution in [3.05, 3.63) is 59.7 Å². The molecule has 0 bridgehead atoms. The lowest BCUT2D eigenvalue weighted by Gasteiger charge is -2.27. The van der Waals surface area contributed by atoms with Gasteiger partial charge in [0.25, 0.3) is 5.91 Å². The highest BCUT2D eigenvalue weighted by molar-refractivity contribution is 5.94. The third kappa shape index (κ3) is 3.07. The van der Waals surface area contributed by atoms with Gasteiger partial charge in [-0.1, -0.05) is 0 Å². The van der Waals surface area contributed by atoms with E-state index >= 15 is 0 Å². The topological polar surface area (TPSA) is 25.2 Å². The minimum absolute atomic E-state index is 0.0717. The third-order valence-corrected chi connectivity index (χ3v) is 3.36. The monoisotopic (exact) mass is 274 g/mol. The van der Waals surface area contributed by atoms with Crippen LogP contribution >= 0.6 is 0 Å². The molecule has 0 aliphatic carbocycles. The molecule has 0 saturated heterocycles. The van der Waals surface area contributed by atoms with Gasteiger partial charge in [-0.25, -0.2) is 4.39 Å². The van der Waals surface area contributed by atoms with E-state index in [4.69, 9.17) is 0 Å². The number of hydrogen-bond donors (Lipinski definition) is 0. The minimum Gasteiger partial charge on any atom is -0.353 e. The van der Waals surface area contributed by atoms with Crippen molar-refractivity contribution in [2.45, 2.75) is 26.4 Å². The Labute approximate surface area is 118 Å². The number of aryl methyl sites for hydroxylation is 1. The molecule has 0 unspecified atom stereocenters. The molecule has 0 fully saturated rings. The zero-order valence-corrected chi connectivity index (χ0v) is 12.0. The quantitative estimate of drug-likeness (QED) is 0.840. The Bertz CT molecular complexity index is 587. The Hall–Kier alpha value is -2.10. The highest BCUT2D eigenvalue weighted by Crippen LogP contribution is 2.14. The van der Waals surface area contributed by atoms with Crippen LogP contribution in [-0.4, -0.2) is 21.4 Å². The third-order valence-electron chi connectivity index (χ3n) is 3.36. The average molecular weight is 274 g/mol. The Balaban J connectivity index is 2.22. The Morgan fingerprint density at radius 2 is 1.90 bits per heavy atom. The van der Waals surface area contributed by atoms with Gasteiger partial charge in [-0.3, -0.25) is 4.79 Å². The molecule has 1 heterocycles. The zero-order chi connectivity index (χ0) is 14.7. The van der Waals surface area contributed by atoms with E-state index < -0.39 is 0 Å². The molecule has 1 aromatic carbocycles. The molecule has 2 aromatic rings. The molecule has 0 radical (unpaired) electrons. The normalized spacial score (nSPS) is 10.8. The standard InChI is InChI=1S/C16H19FN2O/c1-12(2)19(11-15-5-4-10-18(15)3)16(20)13-6-8-14(17)9-7-13/h4-10,12H,11H2,1-3H3. The van der Waals surface area contributed by atoms with Crippen molar-refractivity contribution >= 4 is 5.91 Å². The maximum atomic E-state index is 12.9. The minimum atomic E-state index is -0.333. The second kappa shape index (κ2) is 5.90. The molecule has 2 rings (SSSR count). The first-order valence-corrected chi connectivity index (χ1v) is 6.66. The van der Waals surface area contributed by atoms with Gasteiger partial charge in [-0.2, -0.15) is 0 Å². The summed E-state index contributed by atoms with van der Waals surface area (Å²) in [7, 11) is 1.95. The highest BCUT2D eigenvalue weighted by atomic mass is 19.1. The summed E-state index contributed by atoms with van der Waals surface area (Å²) in [6, 6.07) is 9.70. The molecule has 20 heavy (non-hydrogen) atoms. The zero-order valence-electron chi connectivity index (χ0n) is 12.0. The second-order valence-corrected chi connectivity index (χ2v) is 5.14. The van der Waals surface area contributed by atoms with Gasteiger partial charge in [0.1, 0.15) is 5.82 Å². The molecule has 0 saturated carbocycles. The van der Waals surface area contributed by atoms with Gasteiger partial charge in [0.15, 0.2) is 0 Å². The number of nitrogens with zero attached hydrogens (tertiary/aromatic N) is 2. The summed E-state index contributed by atoms with van der Waals surface area (Å²) < 4.78 is 14.9. The van der Waals surface area contributed by atoms with Crippen molar-refractivity contribution in [2.75, 3.05) is 0 Å². The largest absolute Gasteiger partial charge is 0.353 e. The van der Waals surface area contributed by atoms with Crippen LogP contribution in [0.25, 0.3) is 0 Å². The fourth-order valence-corrected chi connectivity index (χ4v) is 2.08. The summed E-state index contributed by atoms with van der Waals surface area (Å²) in [6.45, 7) is 4.49. The van der Waals surface area contributed by atoms with Crippen LogP contribution in [0.1, 0.15) is 29.9 Å². The maximum Gasteiger partial charge on any atom is 0.254 e. The van der Waals surface area contributed by atoms with E-state index in [0.717, 1.165) is 5.69 Å². The van der Waals surface area contributed by atoms with Crippen LogP contribution in [0.3, 0.4) is 0 Å². The molecule has 0 aliphatic heterocycles. The van der Waals surface area contributed by atoms with Crippen LogP contribution in [0.4, 0.5) is 4.39 Å². The molecule has 0 spiro atoms. The van der Waals surface area contributed by atoms with Crippen LogP contribution in [0.5, 0.6) is 0 Å². The van der Waals surface area contributed by atoms with Crippen molar-refractivity contribution in [1.29, 1.82) is 0 Å². The summed E-state index contributed by atoms with van der Waals surface area (Å²) in [5.74, 6) is -0.415. The molecule has 106 valence electrons. The number of benzene rings is 1. The Kier molecular flexibility index (Phi) is 4.23. The van der Waals surface area contributed by atoms with Crippen molar-refractivity contribution in [1.82, 2.24) is 9.47 Å². The maximum absolute atomic E-state index is 12.9. The first-order chi connectivity index (χ1) is 9.49. The molecular formula is C16H19FN2O. The highest BCUT2D eigenvalue weighted by Gasteiger charge is 2.19. The number of hydrogen-bond acceptors (Lipinski definition) is 1. The Morgan fingerprint density at radius 3 is 2.40 bits per heavy atom. The number of carbonyl (C=O) groups is 1. The fraction of sp³-hybridized carbons (Fsp3) is 0.312. The van der Waals surface area contributed by atoms with Crippen molar-refractivity contribution in [3.8, 4) is 0 Å². The predicted octanol–water partition coefficient (Wildman–Crippen LogP) is 3.22. The summed E-state index contributed by atoms with van der Waals surface area (Å²) in [6.07, 6.45) is 1.95. The second-order valence-electron chi connectivity index (χ2n) is 5.14. The summed E-state index contributed by atoms with van der Waals surface area (Å²) in [5, 5.41) is 0. The van der Waals surface area contributed by atoms with Gasteiger partial charge in [-0.05, 0) is 50.2 Å². The fourth-order valence-electron chi connectivity index (χ4n) is 2.08. The average Bonchev–Trinajstić information content (AvgIpc) is 2.81. The van der Waals surface area contributed by atoms with Gasteiger partial charge in [-0.15, -0.1) is 0 Å². The molecular weight excluding hydrogens is 255 g/mol. The first-order valence-electron chi connectivity index (χ1n) is 6.66. The van der Waals surface area contributed by atoms with Gasteiger partial charge in [0.2, 0.25) is 0 Å². The van der Waals surface area contributed by atoms with Crippen LogP contribution in [0, 0.1) is 5.82 Å². The first kappa shape index (κ1) is 14.3. The number of halogens is 1. The summed E-state index contributed by atoms with van der Waals surface area (Å²) >= 11 is 0. The van der Waals surface area contributed by atoms with E-state index in [0.29, 0.717) is 12.1 Å². The van der Waals surface area contributed by atoms with Gasteiger partial charge >= 0.3 is 0 Å². The molecule has 0 aliphatic rings. The van der Waals surface area contributed by atoms with E-state index in [1.54, 1.807) is 4.90 Å². The van der Waals surface area contributed by atoms with Crippen molar-refractivity contribution in [3.63, 3.8) is 0 Å². The lowest BCUT2D eigenvalue weighted by molar-refractivity contribution is 0.0686. The number of aromatic nitrogens is 1. The molecule has 1 amide bonds. The number of rotatable bonds is 4. The SMILES string of the molecule is CC(C)N(Cc1cccn1C)C(=O)c1ccc(F)cc1. The van der Waals surface area contributed by atoms with Crippen LogP contribution < -0.4 is 0 Å². The van der Waals surface area contributed by atoms with Crippen LogP contribution in [0.15, 0.2) is 42.6 Å². The van der Waals surface area contributed by atoms with E-state index in [1.165, 1.54) is 24.3 Å². The Morgan fingerprint density at radius 1 is 1.25 bits per heavy atom. The summed E-state index contributed by atoms with van der Waals surface area (Å²) in [4.78, 5) is 14.3. The van der Waals surface area contributed by atoms with E-state index in [-0.39, 0.29) is 17.8 Å². The van der Waals surface area contributed by atoms with E-state index in [9.17, 15) is 9.18 Å². The lowest BCUT2D eigenvalue weighted by Crippen LogP contribution is -2.36. The van der Waals surface area contributed by atoms with Crippen molar-refractivity contribution < 1.29 is 9.18 Å². The predicted molar refractivity (Wildman–Crippen MR) is 76.8 cm³/mol. The van der Waals surface area contributed by atoms with Crippen LogP contribution in [0.2, 0.25) is 0 Å². The van der Waals surface area contributed by atoms with Crippen LogP contribution in [-0.2, 0) is 13.6 Å². The molecule has 4 heteroatoms. The van der Waals surface area contributed by atoms with Gasteiger partial charge in [0, 0.05) is 30.5 Å². The molecule has 3 nitrogen and oxygen atoms in total. The number of carbonyl (C=O) groups excluding carboxylic acids is 1. The molecule has 1 aromatic heterocycles. The lowest BCUT2D eigenvalue weighted by atomic mass is 10.1. The molecule has 0 atom stereocenters. The molecule has 0 N–H and O–H groups in total. The smallest absolute Gasteiger partial charge is 0.254 e. The van der Waals surface area contributed by atoms with Crippen molar-refractivity contribution in [2.24, 2.45) is 7.05 Å². The van der Waals surface area contributed by atoms with Gasteiger partial charge in [0.05, 0.1) is 6.54 Å². The number of amides is 1.